The maximum Gasteiger partial charge on any atom is 0.0933 e. The standard InChI is InChI=1S/C17H18N2S2/c1-12-17(21-13(2)18-12)15-11-20-16(19-15)10-6-9-14-7-4-3-5-8-14/h3-5,7-8,11H,6,9-10H2,1-2H3. The van der Waals surface area contributed by atoms with Gasteiger partial charge < -0.3 is 0 Å². The topological polar surface area (TPSA) is 25.8 Å². The Morgan fingerprint density at radius 2 is 1.81 bits per heavy atom. The number of aryl methyl sites for hydroxylation is 4. The van der Waals surface area contributed by atoms with Gasteiger partial charge in [0.1, 0.15) is 0 Å². The third-order valence-electron chi connectivity index (χ3n) is 3.39. The molecule has 108 valence electrons. The van der Waals surface area contributed by atoms with Crippen molar-refractivity contribution in [1.29, 1.82) is 0 Å². The first-order valence-corrected chi connectivity index (χ1v) is 8.85. The van der Waals surface area contributed by atoms with E-state index in [0.29, 0.717) is 0 Å². The van der Waals surface area contributed by atoms with Gasteiger partial charge in [-0.3, -0.25) is 0 Å². The summed E-state index contributed by atoms with van der Waals surface area (Å²) in [5, 5.41) is 4.50. The van der Waals surface area contributed by atoms with Crippen LogP contribution in [-0.2, 0) is 12.8 Å². The zero-order chi connectivity index (χ0) is 14.7. The van der Waals surface area contributed by atoms with Gasteiger partial charge in [-0.25, -0.2) is 9.97 Å². The average Bonchev–Trinajstić information content (AvgIpc) is 3.06. The van der Waals surface area contributed by atoms with E-state index in [-0.39, 0.29) is 0 Å². The molecule has 0 N–H and O–H groups in total. The molecule has 2 aromatic heterocycles. The van der Waals surface area contributed by atoms with Crippen LogP contribution in [0, 0.1) is 13.8 Å². The first-order valence-electron chi connectivity index (χ1n) is 7.15. The van der Waals surface area contributed by atoms with Crippen molar-refractivity contribution in [2.45, 2.75) is 33.1 Å². The van der Waals surface area contributed by atoms with Crippen LogP contribution in [0.5, 0.6) is 0 Å². The highest BCUT2D eigenvalue weighted by atomic mass is 32.1. The lowest BCUT2D eigenvalue weighted by atomic mass is 10.1. The first kappa shape index (κ1) is 14.4. The van der Waals surface area contributed by atoms with Gasteiger partial charge >= 0.3 is 0 Å². The maximum absolute atomic E-state index is 4.77. The molecule has 0 spiro atoms. The normalized spacial score (nSPS) is 11.0. The van der Waals surface area contributed by atoms with E-state index in [1.807, 2.05) is 6.92 Å². The van der Waals surface area contributed by atoms with Gasteiger partial charge in [0.25, 0.3) is 0 Å². The smallest absolute Gasteiger partial charge is 0.0933 e. The molecule has 21 heavy (non-hydrogen) atoms. The number of rotatable bonds is 5. The fourth-order valence-electron chi connectivity index (χ4n) is 2.39. The highest BCUT2D eigenvalue weighted by Crippen LogP contribution is 2.30. The molecule has 3 aromatic rings. The third-order valence-corrected chi connectivity index (χ3v) is 5.39. The molecule has 1 aromatic carbocycles. The lowest BCUT2D eigenvalue weighted by Gasteiger charge is -1.99. The van der Waals surface area contributed by atoms with E-state index in [1.54, 1.807) is 22.7 Å². The Hall–Kier alpha value is -1.52. The van der Waals surface area contributed by atoms with E-state index >= 15 is 0 Å². The summed E-state index contributed by atoms with van der Waals surface area (Å²) in [6, 6.07) is 10.7. The molecule has 0 fully saturated rings. The number of hydrogen-bond donors (Lipinski definition) is 0. The molecule has 0 bridgehead atoms. The van der Waals surface area contributed by atoms with E-state index < -0.39 is 0 Å². The molecule has 2 nitrogen and oxygen atoms in total. The molecule has 0 radical (unpaired) electrons. The van der Waals surface area contributed by atoms with Gasteiger partial charge in [-0.2, -0.15) is 0 Å². The summed E-state index contributed by atoms with van der Waals surface area (Å²) < 4.78 is 0. The van der Waals surface area contributed by atoms with E-state index in [9.17, 15) is 0 Å². The van der Waals surface area contributed by atoms with Crippen molar-refractivity contribution in [2.75, 3.05) is 0 Å². The molecular formula is C17H18N2S2. The maximum atomic E-state index is 4.77. The largest absolute Gasteiger partial charge is 0.246 e. The summed E-state index contributed by atoms with van der Waals surface area (Å²) in [4.78, 5) is 10.5. The van der Waals surface area contributed by atoms with Crippen LogP contribution in [0.1, 0.15) is 27.7 Å². The molecule has 2 heterocycles. The number of thiazole rings is 2. The van der Waals surface area contributed by atoms with Gasteiger partial charge in [0, 0.05) is 5.38 Å². The molecule has 0 aliphatic carbocycles. The van der Waals surface area contributed by atoms with Gasteiger partial charge in [0.05, 0.1) is 26.3 Å². The molecule has 0 aliphatic rings. The van der Waals surface area contributed by atoms with Gasteiger partial charge in [-0.1, -0.05) is 30.3 Å². The Balaban J connectivity index is 1.62. The Kier molecular flexibility index (Phi) is 4.46. The van der Waals surface area contributed by atoms with E-state index in [2.05, 4.69) is 47.6 Å². The molecule has 0 unspecified atom stereocenters. The van der Waals surface area contributed by atoms with Crippen molar-refractivity contribution < 1.29 is 0 Å². The summed E-state index contributed by atoms with van der Waals surface area (Å²) in [5.74, 6) is 0. The van der Waals surface area contributed by atoms with Gasteiger partial charge in [0.2, 0.25) is 0 Å². The minimum atomic E-state index is 1.05. The number of benzene rings is 1. The summed E-state index contributed by atoms with van der Waals surface area (Å²) in [5.41, 5.74) is 3.60. The molecule has 0 amide bonds. The zero-order valence-corrected chi connectivity index (χ0v) is 13.9. The third kappa shape index (κ3) is 3.57. The summed E-state index contributed by atoms with van der Waals surface area (Å²) in [7, 11) is 0. The van der Waals surface area contributed by atoms with Gasteiger partial charge in [-0.15, -0.1) is 22.7 Å². The van der Waals surface area contributed by atoms with Gasteiger partial charge in [-0.05, 0) is 38.7 Å². The second-order valence-electron chi connectivity index (χ2n) is 5.11. The Morgan fingerprint density at radius 1 is 1.00 bits per heavy atom. The molecule has 4 heteroatoms. The number of aromatic nitrogens is 2. The number of nitrogens with zero attached hydrogens (tertiary/aromatic N) is 2. The van der Waals surface area contributed by atoms with Crippen molar-refractivity contribution in [1.82, 2.24) is 9.97 Å². The Bertz CT molecular complexity index is 713. The quantitative estimate of drug-likeness (QED) is 0.658. The number of hydrogen-bond acceptors (Lipinski definition) is 4. The predicted molar refractivity (Wildman–Crippen MR) is 91.2 cm³/mol. The molecule has 0 atom stereocenters. The van der Waals surface area contributed by atoms with E-state index in [1.165, 1.54) is 15.4 Å². The minimum Gasteiger partial charge on any atom is -0.246 e. The second kappa shape index (κ2) is 6.50. The van der Waals surface area contributed by atoms with Crippen LogP contribution in [0.2, 0.25) is 0 Å². The van der Waals surface area contributed by atoms with Crippen LogP contribution < -0.4 is 0 Å². The molecule has 0 saturated heterocycles. The highest BCUT2D eigenvalue weighted by molar-refractivity contribution is 7.15. The minimum absolute atomic E-state index is 1.05. The summed E-state index contributed by atoms with van der Waals surface area (Å²) in [6.45, 7) is 4.11. The fourth-order valence-corrected chi connectivity index (χ4v) is 4.17. The summed E-state index contributed by atoms with van der Waals surface area (Å²) >= 11 is 3.50. The average molecular weight is 314 g/mol. The summed E-state index contributed by atoms with van der Waals surface area (Å²) in [6.07, 6.45) is 3.32. The molecular weight excluding hydrogens is 296 g/mol. The Morgan fingerprint density at radius 3 is 2.52 bits per heavy atom. The van der Waals surface area contributed by atoms with Crippen molar-refractivity contribution in [3.05, 3.63) is 57.0 Å². The van der Waals surface area contributed by atoms with Crippen LogP contribution >= 0.6 is 22.7 Å². The van der Waals surface area contributed by atoms with Crippen LogP contribution in [0.3, 0.4) is 0 Å². The highest BCUT2D eigenvalue weighted by Gasteiger charge is 2.11. The van der Waals surface area contributed by atoms with Crippen molar-refractivity contribution >= 4 is 22.7 Å². The SMILES string of the molecule is Cc1nc(C)c(-c2csc(CCCc3ccccc3)n2)s1. The zero-order valence-electron chi connectivity index (χ0n) is 12.3. The van der Waals surface area contributed by atoms with E-state index in [0.717, 1.165) is 35.7 Å². The fraction of sp³-hybridized carbons (Fsp3) is 0.294. The van der Waals surface area contributed by atoms with Crippen molar-refractivity contribution in [3.8, 4) is 10.6 Å². The van der Waals surface area contributed by atoms with E-state index in [4.69, 9.17) is 4.98 Å². The van der Waals surface area contributed by atoms with Crippen LogP contribution in [-0.4, -0.2) is 9.97 Å². The Labute approximate surface area is 133 Å². The van der Waals surface area contributed by atoms with Gasteiger partial charge in [0.15, 0.2) is 0 Å². The lowest BCUT2D eigenvalue weighted by molar-refractivity contribution is 0.815. The lowest BCUT2D eigenvalue weighted by Crippen LogP contribution is -1.89. The van der Waals surface area contributed by atoms with Crippen LogP contribution in [0.4, 0.5) is 0 Å². The molecule has 0 aliphatic heterocycles. The second-order valence-corrected chi connectivity index (χ2v) is 7.26. The van der Waals surface area contributed by atoms with Crippen molar-refractivity contribution in [3.63, 3.8) is 0 Å². The predicted octanol–water partition coefficient (Wildman–Crippen LogP) is 5.06. The van der Waals surface area contributed by atoms with Crippen molar-refractivity contribution in [2.24, 2.45) is 0 Å². The van der Waals surface area contributed by atoms with Crippen LogP contribution in [0.25, 0.3) is 10.6 Å². The molecule has 0 saturated carbocycles. The van der Waals surface area contributed by atoms with Crippen LogP contribution in [0.15, 0.2) is 35.7 Å². The first-order chi connectivity index (χ1) is 10.2. The molecule has 3 rings (SSSR count). The monoisotopic (exact) mass is 314 g/mol.